The highest BCUT2D eigenvalue weighted by Crippen LogP contribution is 2.34. The van der Waals surface area contributed by atoms with Gasteiger partial charge in [-0.3, -0.25) is 4.79 Å². The molecule has 0 bridgehead atoms. The van der Waals surface area contributed by atoms with Crippen LogP contribution in [0, 0.1) is 11.8 Å². The Bertz CT molecular complexity index is 351. The second kappa shape index (κ2) is 5.90. The molecule has 19 heavy (non-hydrogen) atoms. The minimum Gasteiger partial charge on any atom is -0.479 e. The van der Waals surface area contributed by atoms with Gasteiger partial charge in [0.05, 0.1) is 12.5 Å². The summed E-state index contributed by atoms with van der Waals surface area (Å²) in [7, 11) is 0. The molecule has 2 aliphatic rings. The molecule has 1 aliphatic heterocycles. The Morgan fingerprint density at radius 2 is 2.05 bits per heavy atom. The number of hydrogen-bond acceptors (Lipinski definition) is 3. The van der Waals surface area contributed by atoms with Gasteiger partial charge in [-0.05, 0) is 31.6 Å². The summed E-state index contributed by atoms with van der Waals surface area (Å²) in [4.78, 5) is 23.9. The third-order valence-corrected chi connectivity index (χ3v) is 4.56. The summed E-state index contributed by atoms with van der Waals surface area (Å²) in [6.07, 6.45) is 4.94. The van der Waals surface area contributed by atoms with Crippen molar-refractivity contribution in [2.45, 2.75) is 51.0 Å². The Hall–Kier alpha value is -1.10. The van der Waals surface area contributed by atoms with Crippen LogP contribution in [0.25, 0.3) is 0 Å². The molecule has 1 saturated carbocycles. The molecule has 108 valence electrons. The Kier molecular flexibility index (Phi) is 4.45. The molecule has 3 unspecified atom stereocenters. The van der Waals surface area contributed by atoms with E-state index in [2.05, 4.69) is 5.32 Å². The van der Waals surface area contributed by atoms with Crippen molar-refractivity contribution < 1.29 is 19.4 Å². The zero-order chi connectivity index (χ0) is 13.9. The number of carbonyl (C=O) groups is 2. The lowest BCUT2D eigenvalue weighted by Crippen LogP contribution is -2.61. The van der Waals surface area contributed by atoms with Gasteiger partial charge in [-0.1, -0.05) is 19.8 Å². The molecular weight excluding hydrogens is 246 g/mol. The summed E-state index contributed by atoms with van der Waals surface area (Å²) in [5, 5.41) is 12.4. The normalized spacial score (nSPS) is 35.6. The number of aliphatic carboxylic acids is 1. The highest BCUT2D eigenvalue weighted by atomic mass is 16.5. The van der Waals surface area contributed by atoms with E-state index in [0.29, 0.717) is 19.6 Å². The van der Waals surface area contributed by atoms with E-state index in [1.807, 2.05) is 6.92 Å². The molecule has 5 nitrogen and oxygen atoms in total. The maximum Gasteiger partial charge on any atom is 0.329 e. The third-order valence-electron chi connectivity index (χ3n) is 4.56. The minimum atomic E-state index is -1.08. The van der Waals surface area contributed by atoms with Crippen LogP contribution in [0.15, 0.2) is 0 Å². The fraction of sp³-hybridized carbons (Fsp3) is 0.857. The molecule has 0 radical (unpaired) electrons. The number of carboxylic acid groups (broad SMARTS) is 1. The quantitative estimate of drug-likeness (QED) is 0.815. The Balaban J connectivity index is 2.07. The third kappa shape index (κ3) is 2.91. The van der Waals surface area contributed by atoms with Gasteiger partial charge in [0.15, 0.2) is 0 Å². The maximum absolute atomic E-state index is 12.3. The fourth-order valence-electron chi connectivity index (χ4n) is 3.17. The molecule has 1 saturated heterocycles. The van der Waals surface area contributed by atoms with Crippen LogP contribution in [0.5, 0.6) is 0 Å². The van der Waals surface area contributed by atoms with Gasteiger partial charge in [0.2, 0.25) is 5.91 Å². The number of hydrogen-bond donors (Lipinski definition) is 2. The van der Waals surface area contributed by atoms with E-state index in [1.54, 1.807) is 0 Å². The molecule has 0 aromatic rings. The number of amides is 1. The number of nitrogens with one attached hydrogen (secondary N) is 1. The van der Waals surface area contributed by atoms with E-state index in [4.69, 9.17) is 4.74 Å². The SMILES string of the molecule is CC1CCCCC1(NC(=O)C1CCCOC1)C(=O)O. The van der Waals surface area contributed by atoms with Gasteiger partial charge >= 0.3 is 5.97 Å². The van der Waals surface area contributed by atoms with Crippen LogP contribution in [0.1, 0.15) is 45.4 Å². The van der Waals surface area contributed by atoms with Crippen LogP contribution in [0.4, 0.5) is 0 Å². The lowest BCUT2D eigenvalue weighted by Gasteiger charge is -2.40. The van der Waals surface area contributed by atoms with Crippen LogP contribution < -0.4 is 5.32 Å². The van der Waals surface area contributed by atoms with Crippen LogP contribution >= 0.6 is 0 Å². The minimum absolute atomic E-state index is 0.0211. The van der Waals surface area contributed by atoms with E-state index in [0.717, 1.165) is 32.1 Å². The van der Waals surface area contributed by atoms with Crippen LogP contribution in [0.2, 0.25) is 0 Å². The molecule has 5 heteroatoms. The standard InChI is InChI=1S/C14H23NO4/c1-10-5-2-3-7-14(10,13(17)18)15-12(16)11-6-4-8-19-9-11/h10-11H,2-9H2,1H3,(H,15,16)(H,17,18). The molecule has 1 aliphatic carbocycles. The van der Waals surface area contributed by atoms with Crippen LogP contribution in [-0.4, -0.2) is 35.7 Å². The summed E-state index contributed by atoms with van der Waals surface area (Å²) in [6, 6.07) is 0. The molecule has 1 heterocycles. The van der Waals surface area contributed by atoms with Gasteiger partial charge in [-0.2, -0.15) is 0 Å². The first-order chi connectivity index (χ1) is 9.06. The highest BCUT2D eigenvalue weighted by molar-refractivity contribution is 5.88. The van der Waals surface area contributed by atoms with Crippen molar-refractivity contribution in [3.8, 4) is 0 Å². The van der Waals surface area contributed by atoms with Gasteiger partial charge in [0.25, 0.3) is 0 Å². The molecule has 1 amide bonds. The smallest absolute Gasteiger partial charge is 0.329 e. The van der Waals surface area contributed by atoms with Crippen molar-refractivity contribution in [2.24, 2.45) is 11.8 Å². The van der Waals surface area contributed by atoms with Gasteiger partial charge in [0, 0.05) is 6.61 Å². The molecular formula is C14H23NO4. The Morgan fingerprint density at radius 1 is 1.26 bits per heavy atom. The molecule has 0 aromatic heterocycles. The average molecular weight is 269 g/mol. The lowest BCUT2D eigenvalue weighted by molar-refractivity contribution is -0.153. The van der Waals surface area contributed by atoms with E-state index in [9.17, 15) is 14.7 Å². The first kappa shape index (κ1) is 14.3. The molecule has 2 fully saturated rings. The molecule has 2 rings (SSSR count). The lowest BCUT2D eigenvalue weighted by atomic mass is 9.73. The Labute approximate surface area is 113 Å². The molecule has 3 atom stereocenters. The summed E-state index contributed by atoms with van der Waals surface area (Å²) in [5.74, 6) is -1.27. The van der Waals surface area contributed by atoms with E-state index < -0.39 is 11.5 Å². The summed E-state index contributed by atoms with van der Waals surface area (Å²) in [5.41, 5.74) is -1.08. The number of carboxylic acids is 1. The van der Waals surface area contributed by atoms with Crippen molar-refractivity contribution in [2.75, 3.05) is 13.2 Å². The summed E-state index contributed by atoms with van der Waals surface area (Å²) in [6.45, 7) is 3.03. The van der Waals surface area contributed by atoms with Crippen molar-refractivity contribution in [1.29, 1.82) is 0 Å². The number of rotatable bonds is 3. The second-order valence-corrected chi connectivity index (χ2v) is 5.83. The van der Waals surface area contributed by atoms with Gasteiger partial charge in [0.1, 0.15) is 5.54 Å². The highest BCUT2D eigenvalue weighted by Gasteiger charge is 2.47. The van der Waals surface area contributed by atoms with Crippen LogP contribution in [-0.2, 0) is 14.3 Å². The zero-order valence-corrected chi connectivity index (χ0v) is 11.5. The summed E-state index contributed by atoms with van der Waals surface area (Å²) >= 11 is 0. The average Bonchev–Trinajstić information content (AvgIpc) is 2.42. The zero-order valence-electron chi connectivity index (χ0n) is 11.5. The van der Waals surface area contributed by atoms with E-state index in [-0.39, 0.29) is 17.7 Å². The first-order valence-electron chi connectivity index (χ1n) is 7.19. The molecule has 2 N–H and O–H groups in total. The van der Waals surface area contributed by atoms with Gasteiger partial charge < -0.3 is 15.2 Å². The predicted molar refractivity (Wildman–Crippen MR) is 69.7 cm³/mol. The number of ether oxygens (including phenoxy) is 1. The Morgan fingerprint density at radius 3 is 2.63 bits per heavy atom. The monoisotopic (exact) mass is 269 g/mol. The topological polar surface area (TPSA) is 75.6 Å². The van der Waals surface area contributed by atoms with E-state index >= 15 is 0 Å². The number of carbonyl (C=O) groups excluding carboxylic acids is 1. The maximum atomic E-state index is 12.3. The van der Waals surface area contributed by atoms with E-state index in [1.165, 1.54) is 0 Å². The predicted octanol–water partition coefficient (Wildman–Crippen LogP) is 1.56. The molecule has 0 aromatic carbocycles. The first-order valence-corrected chi connectivity index (χ1v) is 7.19. The second-order valence-electron chi connectivity index (χ2n) is 5.83. The fourth-order valence-corrected chi connectivity index (χ4v) is 3.17. The van der Waals surface area contributed by atoms with Crippen LogP contribution in [0.3, 0.4) is 0 Å². The van der Waals surface area contributed by atoms with Crippen molar-refractivity contribution in [3.63, 3.8) is 0 Å². The van der Waals surface area contributed by atoms with Gasteiger partial charge in [-0.15, -0.1) is 0 Å². The van der Waals surface area contributed by atoms with Crippen molar-refractivity contribution in [3.05, 3.63) is 0 Å². The summed E-state index contributed by atoms with van der Waals surface area (Å²) < 4.78 is 5.30. The van der Waals surface area contributed by atoms with Crippen molar-refractivity contribution in [1.82, 2.24) is 5.32 Å². The molecule has 0 spiro atoms. The van der Waals surface area contributed by atoms with Gasteiger partial charge in [-0.25, -0.2) is 4.79 Å². The van der Waals surface area contributed by atoms with Crippen molar-refractivity contribution >= 4 is 11.9 Å². The largest absolute Gasteiger partial charge is 0.479 e.